The maximum absolute atomic E-state index is 7.89. The van der Waals surface area contributed by atoms with Crippen molar-refractivity contribution in [3.05, 3.63) is 0 Å². The van der Waals surface area contributed by atoms with Crippen LogP contribution < -0.4 is 0 Å². The van der Waals surface area contributed by atoms with Gasteiger partial charge in [-0.2, -0.15) is 0 Å². The molecule has 0 unspecified atom stereocenters. The Kier molecular flexibility index (Phi) is 0.246. The molecule has 0 aliphatic rings. The van der Waals surface area contributed by atoms with Crippen LogP contribution in [-0.4, -0.2) is 30.5 Å². The summed E-state index contributed by atoms with van der Waals surface area (Å²) in [6.07, 6.45) is 0. The molecule has 0 saturated carbocycles. The van der Waals surface area contributed by atoms with Crippen LogP contribution in [0.5, 0.6) is 0 Å². The fourth-order valence-corrected chi connectivity index (χ4v) is 0.107. The number of aromatic nitrogens is 3. The van der Waals surface area contributed by atoms with E-state index in [4.69, 9.17) is 15.6 Å². The Morgan fingerprint density at radius 1 is 0.667 bits per heavy atom. The smallest absolute Gasteiger partial charge is 0.0606 e. The second-order valence-electron chi connectivity index (χ2n) is 0.805. The van der Waals surface area contributed by atoms with Gasteiger partial charge in [0.2, 0.25) is 0 Å². The quantitative estimate of drug-likeness (QED) is 0.353. The molecule has 0 saturated heterocycles. The Hall–Kier alpha value is -1.20. The molecule has 0 spiro atoms. The molecule has 3 N–H and O–H groups in total. The van der Waals surface area contributed by atoms with Crippen LogP contribution in [0.4, 0.5) is 0 Å². The molecule has 1 aromatic heterocycles. The van der Waals surface area contributed by atoms with Gasteiger partial charge in [0.05, 0.1) is 14.9 Å². The third-order valence-corrected chi connectivity index (χ3v) is 0.449. The second-order valence-corrected chi connectivity index (χ2v) is 0.805. The lowest BCUT2D eigenvalue weighted by Crippen LogP contribution is -1.80. The van der Waals surface area contributed by atoms with Crippen LogP contribution in [0.25, 0.3) is 0 Å². The van der Waals surface area contributed by atoms with Crippen LogP contribution >= 0.6 is 0 Å². The van der Waals surface area contributed by atoms with Crippen molar-refractivity contribution in [2.45, 2.75) is 0 Å². The summed E-state index contributed by atoms with van der Waals surface area (Å²) in [6.45, 7) is 0. The Labute approximate surface area is 31.8 Å². The SMILES string of the molecule is On1n(O)n1O. The Morgan fingerprint density at radius 3 is 0.833 bits per heavy atom. The molecule has 0 atom stereocenters. The summed E-state index contributed by atoms with van der Waals surface area (Å²) < 4.78 is 0. The highest BCUT2D eigenvalue weighted by Crippen LogP contribution is 1.79. The number of hydrogen-bond donors (Lipinski definition) is 3. The van der Waals surface area contributed by atoms with Gasteiger partial charge in [-0.05, 0) is 0 Å². The van der Waals surface area contributed by atoms with E-state index in [9.17, 15) is 0 Å². The Morgan fingerprint density at radius 2 is 0.833 bits per heavy atom. The van der Waals surface area contributed by atoms with Gasteiger partial charge in [-0.25, -0.2) is 0 Å². The minimum Gasteiger partial charge on any atom is -0.392 e. The molecule has 0 aliphatic heterocycles. The third-order valence-electron chi connectivity index (χ3n) is 0.449. The molecule has 0 amide bonds. The zero-order valence-corrected chi connectivity index (χ0v) is 2.68. The van der Waals surface area contributed by atoms with Gasteiger partial charge >= 0.3 is 0 Å². The van der Waals surface area contributed by atoms with E-state index in [-0.39, 0.29) is 14.9 Å². The van der Waals surface area contributed by atoms with E-state index in [0.717, 1.165) is 0 Å². The highest BCUT2D eigenvalue weighted by molar-refractivity contribution is 4.14. The lowest BCUT2D eigenvalue weighted by atomic mass is 12.9. The summed E-state index contributed by atoms with van der Waals surface area (Å²) in [6, 6.07) is 0. The lowest BCUT2D eigenvalue weighted by molar-refractivity contribution is 0.0663. The van der Waals surface area contributed by atoms with Gasteiger partial charge in [0, 0.05) is 0 Å². The molecule has 0 bridgehead atoms. The van der Waals surface area contributed by atoms with Crippen molar-refractivity contribution in [2.24, 2.45) is 0 Å². The van der Waals surface area contributed by atoms with Gasteiger partial charge in [0.15, 0.2) is 0 Å². The van der Waals surface area contributed by atoms with Gasteiger partial charge in [0.1, 0.15) is 0 Å². The van der Waals surface area contributed by atoms with Crippen molar-refractivity contribution in [1.82, 2.24) is 14.9 Å². The van der Waals surface area contributed by atoms with Gasteiger partial charge < -0.3 is 15.6 Å². The Balaban J connectivity index is 2.80. The molecule has 1 heterocycles. The van der Waals surface area contributed by atoms with E-state index in [0.29, 0.717) is 0 Å². The summed E-state index contributed by atoms with van der Waals surface area (Å²) in [5, 5.41) is 23.7. The van der Waals surface area contributed by atoms with Crippen LogP contribution in [0.1, 0.15) is 0 Å². The summed E-state index contributed by atoms with van der Waals surface area (Å²) in [5.74, 6) is 0. The van der Waals surface area contributed by atoms with Gasteiger partial charge in [-0.1, -0.05) is 0 Å². The molecule has 6 heavy (non-hydrogen) atoms. The van der Waals surface area contributed by atoms with Gasteiger partial charge in [-0.3, -0.25) is 0 Å². The topological polar surface area (TPSA) is 75.5 Å². The molecular formula is H3N3O3. The largest absolute Gasteiger partial charge is 0.392 e. The van der Waals surface area contributed by atoms with Crippen LogP contribution in [0, 0.1) is 0 Å². The summed E-state index contributed by atoms with van der Waals surface area (Å²) in [4.78, 5) is 0.333. The molecule has 6 nitrogen and oxygen atoms in total. The molecule has 0 aliphatic carbocycles. The first kappa shape index (κ1) is 3.01. The van der Waals surface area contributed by atoms with E-state index < -0.39 is 0 Å². The molecule has 0 radical (unpaired) electrons. The molecule has 0 aromatic carbocycles. The first-order chi connectivity index (χ1) is 2.73. The van der Waals surface area contributed by atoms with Crippen molar-refractivity contribution in [1.29, 1.82) is 0 Å². The summed E-state index contributed by atoms with van der Waals surface area (Å²) >= 11 is 0. The predicted molar refractivity (Wildman–Crippen MR) is 12.0 cm³/mol. The monoisotopic (exact) mass is 93.0 g/mol. The minimum atomic E-state index is 0.111. The minimum absolute atomic E-state index is 0.111. The van der Waals surface area contributed by atoms with Crippen LogP contribution in [0.15, 0.2) is 0 Å². The molecule has 0 fully saturated rings. The average Bonchev–Trinajstić information content (AvgIpc) is 1.94. The van der Waals surface area contributed by atoms with E-state index in [1.54, 1.807) is 0 Å². The number of rotatable bonds is 0. The van der Waals surface area contributed by atoms with Crippen LogP contribution in [0.2, 0.25) is 0 Å². The van der Waals surface area contributed by atoms with E-state index in [2.05, 4.69) is 0 Å². The zero-order valence-electron chi connectivity index (χ0n) is 2.68. The molecule has 36 valence electrons. The number of hydrogen-bond acceptors (Lipinski definition) is 3. The second kappa shape index (κ2) is 0.490. The summed E-state index contributed by atoms with van der Waals surface area (Å²) in [5.41, 5.74) is 0. The maximum atomic E-state index is 7.89. The van der Waals surface area contributed by atoms with Crippen molar-refractivity contribution >= 4 is 0 Å². The van der Waals surface area contributed by atoms with Crippen molar-refractivity contribution in [2.75, 3.05) is 0 Å². The first-order valence-electron chi connectivity index (χ1n) is 1.20. The number of nitrogens with zero attached hydrogens (tertiary/aromatic N) is 3. The van der Waals surface area contributed by atoms with E-state index in [1.807, 2.05) is 0 Å². The normalized spacial score (nSPS) is 10.0. The van der Waals surface area contributed by atoms with E-state index >= 15 is 0 Å². The predicted octanol–water partition coefficient (Wildman–Crippen LogP) is -1.20. The first-order valence-corrected chi connectivity index (χ1v) is 1.20. The van der Waals surface area contributed by atoms with Crippen molar-refractivity contribution in [3.8, 4) is 0 Å². The summed E-state index contributed by atoms with van der Waals surface area (Å²) in [7, 11) is 0. The van der Waals surface area contributed by atoms with Crippen LogP contribution in [-0.2, 0) is 0 Å². The lowest BCUT2D eigenvalue weighted by Gasteiger charge is -1.59. The Bertz CT molecular complexity index is 96.3. The standard InChI is InChI=1S/H3N3O3/c4-1-2(5)3(1)6/h4-6H. The fraction of sp³-hybridized carbons (Fsp3) is 0. The highest BCUT2D eigenvalue weighted by Gasteiger charge is 2.10. The molecular weight excluding hydrogens is 90.0 g/mol. The van der Waals surface area contributed by atoms with Crippen molar-refractivity contribution in [3.63, 3.8) is 0 Å². The van der Waals surface area contributed by atoms with Crippen molar-refractivity contribution < 1.29 is 15.6 Å². The maximum Gasteiger partial charge on any atom is 0.0606 e. The average molecular weight is 93.0 g/mol. The molecule has 1 aromatic rings. The van der Waals surface area contributed by atoms with Crippen LogP contribution in [0.3, 0.4) is 0 Å². The highest BCUT2D eigenvalue weighted by atomic mass is 16.8. The van der Waals surface area contributed by atoms with E-state index in [1.165, 1.54) is 0 Å². The fourth-order valence-electron chi connectivity index (χ4n) is 0.107. The molecule has 6 heteroatoms. The van der Waals surface area contributed by atoms with Gasteiger partial charge in [0.25, 0.3) is 0 Å². The third kappa shape index (κ3) is 0.117. The molecule has 1 rings (SSSR count). The van der Waals surface area contributed by atoms with Gasteiger partial charge in [-0.15, -0.1) is 0 Å². The zero-order chi connectivity index (χ0) is 4.73.